The van der Waals surface area contributed by atoms with E-state index >= 15 is 0 Å². The summed E-state index contributed by atoms with van der Waals surface area (Å²) in [5.41, 5.74) is 1.16. The molecule has 0 bridgehead atoms. The Labute approximate surface area is 178 Å². The molecule has 0 spiro atoms. The van der Waals surface area contributed by atoms with Crippen LogP contribution in [0.15, 0.2) is 77.7 Å². The van der Waals surface area contributed by atoms with Gasteiger partial charge in [0.15, 0.2) is 0 Å². The molecule has 3 rings (SSSR count). The van der Waals surface area contributed by atoms with Crippen molar-refractivity contribution in [3.8, 4) is 0 Å². The van der Waals surface area contributed by atoms with Gasteiger partial charge in [-0.05, 0) is 54.6 Å². The third-order valence-electron chi connectivity index (χ3n) is 4.09. The number of hydrogen-bond acceptors (Lipinski definition) is 5. The van der Waals surface area contributed by atoms with Gasteiger partial charge in [-0.25, -0.2) is 13.2 Å². The molecule has 0 saturated carbocycles. The van der Waals surface area contributed by atoms with E-state index in [4.69, 9.17) is 11.6 Å². The quantitative estimate of drug-likeness (QED) is 0.555. The number of rotatable bonds is 6. The van der Waals surface area contributed by atoms with E-state index in [0.29, 0.717) is 11.3 Å². The Morgan fingerprint density at radius 3 is 2.27 bits per heavy atom. The maximum absolute atomic E-state index is 12.7. The molecule has 0 fully saturated rings. The van der Waals surface area contributed by atoms with Crippen molar-refractivity contribution in [3.05, 3.63) is 88.9 Å². The van der Waals surface area contributed by atoms with Crippen molar-refractivity contribution in [3.63, 3.8) is 0 Å². The molecule has 0 aliphatic carbocycles. The molecule has 3 aromatic carbocycles. The zero-order chi connectivity index (χ0) is 21.7. The van der Waals surface area contributed by atoms with E-state index in [-0.39, 0.29) is 21.2 Å². The summed E-state index contributed by atoms with van der Waals surface area (Å²) in [5, 5.41) is 2.91. The first-order chi connectivity index (χ1) is 14.3. The lowest BCUT2D eigenvalue weighted by Gasteiger charge is -2.11. The number of benzene rings is 3. The highest BCUT2D eigenvalue weighted by molar-refractivity contribution is 7.92. The number of ether oxygens (including phenoxy) is 1. The zero-order valence-corrected chi connectivity index (χ0v) is 17.3. The van der Waals surface area contributed by atoms with Crippen molar-refractivity contribution in [2.45, 2.75) is 4.90 Å². The van der Waals surface area contributed by atoms with Crippen molar-refractivity contribution in [1.29, 1.82) is 0 Å². The van der Waals surface area contributed by atoms with Crippen LogP contribution in [0.2, 0.25) is 5.02 Å². The number of para-hydroxylation sites is 1. The Kier molecular flexibility index (Phi) is 6.39. The fourth-order valence-corrected chi connectivity index (χ4v) is 3.93. The van der Waals surface area contributed by atoms with Crippen LogP contribution in [0.4, 0.5) is 11.4 Å². The normalized spacial score (nSPS) is 10.9. The molecular weight excluding hydrogens is 428 g/mol. The van der Waals surface area contributed by atoms with Gasteiger partial charge in [0.1, 0.15) is 0 Å². The van der Waals surface area contributed by atoms with Crippen molar-refractivity contribution in [2.24, 2.45) is 0 Å². The number of esters is 1. The topological polar surface area (TPSA) is 102 Å². The first-order valence-electron chi connectivity index (χ1n) is 8.67. The molecular formula is C21H17ClN2O5S. The van der Waals surface area contributed by atoms with E-state index in [1.165, 1.54) is 49.6 Å². The summed E-state index contributed by atoms with van der Waals surface area (Å²) in [6, 6.07) is 18.1. The van der Waals surface area contributed by atoms with Crippen LogP contribution in [-0.2, 0) is 14.8 Å². The predicted octanol–water partition coefficient (Wildman–Crippen LogP) is 4.18. The minimum absolute atomic E-state index is 0.0869. The molecule has 0 radical (unpaired) electrons. The summed E-state index contributed by atoms with van der Waals surface area (Å²) >= 11 is 6.01. The van der Waals surface area contributed by atoms with Crippen LogP contribution in [0.3, 0.4) is 0 Å². The third-order valence-corrected chi connectivity index (χ3v) is 5.78. The smallest absolute Gasteiger partial charge is 0.337 e. The minimum Gasteiger partial charge on any atom is -0.465 e. The van der Waals surface area contributed by atoms with Crippen LogP contribution in [0.1, 0.15) is 20.7 Å². The molecule has 0 heterocycles. The van der Waals surface area contributed by atoms with Crippen molar-refractivity contribution in [1.82, 2.24) is 0 Å². The molecule has 0 aromatic heterocycles. The summed E-state index contributed by atoms with van der Waals surface area (Å²) in [4.78, 5) is 23.9. The van der Waals surface area contributed by atoms with Gasteiger partial charge in [-0.3, -0.25) is 9.52 Å². The van der Waals surface area contributed by atoms with Gasteiger partial charge in [0.25, 0.3) is 15.9 Å². The summed E-state index contributed by atoms with van der Waals surface area (Å²) < 4.78 is 32.4. The highest BCUT2D eigenvalue weighted by atomic mass is 35.5. The monoisotopic (exact) mass is 444 g/mol. The van der Waals surface area contributed by atoms with E-state index in [2.05, 4.69) is 14.8 Å². The Morgan fingerprint density at radius 2 is 1.60 bits per heavy atom. The number of methoxy groups -OCH3 is 1. The lowest BCUT2D eigenvalue weighted by molar-refractivity contribution is 0.0600. The van der Waals surface area contributed by atoms with Crippen LogP contribution in [0, 0.1) is 0 Å². The van der Waals surface area contributed by atoms with Crippen molar-refractivity contribution in [2.75, 3.05) is 17.1 Å². The largest absolute Gasteiger partial charge is 0.465 e. The number of sulfonamides is 1. The fourth-order valence-electron chi connectivity index (χ4n) is 2.56. The zero-order valence-electron chi connectivity index (χ0n) is 15.8. The second-order valence-corrected chi connectivity index (χ2v) is 8.23. The van der Waals surface area contributed by atoms with Gasteiger partial charge in [0.05, 0.1) is 28.3 Å². The maximum atomic E-state index is 12.7. The molecule has 30 heavy (non-hydrogen) atoms. The number of halogens is 1. The van der Waals surface area contributed by atoms with Gasteiger partial charge in [0, 0.05) is 11.3 Å². The van der Waals surface area contributed by atoms with Gasteiger partial charge < -0.3 is 10.1 Å². The Morgan fingerprint density at radius 1 is 0.900 bits per heavy atom. The van der Waals surface area contributed by atoms with E-state index < -0.39 is 21.9 Å². The lowest BCUT2D eigenvalue weighted by atomic mass is 10.2. The molecule has 0 atom stereocenters. The van der Waals surface area contributed by atoms with Crippen molar-refractivity contribution >= 4 is 44.9 Å². The molecule has 2 N–H and O–H groups in total. The average molecular weight is 445 g/mol. The molecule has 0 unspecified atom stereocenters. The number of nitrogens with one attached hydrogen (secondary N) is 2. The Bertz CT molecular complexity index is 1190. The van der Waals surface area contributed by atoms with Gasteiger partial charge >= 0.3 is 5.97 Å². The number of carbonyl (C=O) groups excluding carboxylic acids is 2. The van der Waals surface area contributed by atoms with Crippen LogP contribution < -0.4 is 10.0 Å². The van der Waals surface area contributed by atoms with Gasteiger partial charge in [-0.15, -0.1) is 0 Å². The molecule has 0 aliphatic rings. The van der Waals surface area contributed by atoms with Crippen molar-refractivity contribution < 1.29 is 22.7 Å². The lowest BCUT2D eigenvalue weighted by Crippen LogP contribution is -2.16. The van der Waals surface area contributed by atoms with Gasteiger partial charge in [-0.2, -0.15) is 0 Å². The van der Waals surface area contributed by atoms with Crippen LogP contribution >= 0.6 is 11.6 Å². The van der Waals surface area contributed by atoms with Gasteiger partial charge in [-0.1, -0.05) is 29.8 Å². The highest BCUT2D eigenvalue weighted by Crippen LogP contribution is 2.24. The number of amides is 1. The number of anilines is 2. The van der Waals surface area contributed by atoms with Crippen LogP contribution in [-0.4, -0.2) is 27.4 Å². The molecule has 0 saturated heterocycles. The molecule has 154 valence electrons. The molecule has 3 aromatic rings. The average Bonchev–Trinajstić information content (AvgIpc) is 2.75. The summed E-state index contributed by atoms with van der Waals surface area (Å²) in [7, 11) is -2.67. The van der Waals surface area contributed by atoms with Gasteiger partial charge in [0.2, 0.25) is 0 Å². The van der Waals surface area contributed by atoms with E-state index in [0.717, 1.165) is 0 Å². The second kappa shape index (κ2) is 8.98. The molecule has 0 aliphatic heterocycles. The molecule has 1 amide bonds. The van der Waals surface area contributed by atoms with Crippen LogP contribution in [0.25, 0.3) is 0 Å². The molecule has 9 heteroatoms. The Balaban J connectivity index is 1.78. The standard InChI is InChI=1S/C21H17ClN2O5S/c1-29-21(26)14-9-11-16(12-10-14)23-20(25)15-5-4-6-17(13-15)30(27,28)24-19-8-3-2-7-18(19)22/h2-13,24H,1H3,(H,23,25). The summed E-state index contributed by atoms with van der Waals surface area (Å²) in [6.07, 6.45) is 0. The summed E-state index contributed by atoms with van der Waals surface area (Å²) in [5.74, 6) is -0.993. The first-order valence-corrected chi connectivity index (χ1v) is 10.5. The number of carbonyl (C=O) groups is 2. The predicted molar refractivity (Wildman–Crippen MR) is 114 cm³/mol. The highest BCUT2D eigenvalue weighted by Gasteiger charge is 2.18. The van der Waals surface area contributed by atoms with E-state index in [1.807, 2.05) is 0 Å². The minimum atomic E-state index is -3.95. The maximum Gasteiger partial charge on any atom is 0.337 e. The van der Waals surface area contributed by atoms with E-state index in [1.54, 1.807) is 30.3 Å². The SMILES string of the molecule is COC(=O)c1ccc(NC(=O)c2cccc(S(=O)(=O)Nc3ccccc3Cl)c2)cc1. The fraction of sp³-hybridized carbons (Fsp3) is 0.0476. The van der Waals surface area contributed by atoms with E-state index in [9.17, 15) is 18.0 Å². The Hall–Kier alpha value is -3.36. The first kappa shape index (κ1) is 21.4. The van der Waals surface area contributed by atoms with Crippen LogP contribution in [0.5, 0.6) is 0 Å². The number of hydrogen-bond donors (Lipinski definition) is 2. The third kappa shape index (κ3) is 4.97. The second-order valence-electron chi connectivity index (χ2n) is 6.14. The summed E-state index contributed by atoms with van der Waals surface area (Å²) in [6.45, 7) is 0. The molecule has 7 nitrogen and oxygen atoms in total.